The van der Waals surface area contributed by atoms with Gasteiger partial charge < -0.3 is 0 Å². The maximum absolute atomic E-state index is 9.88. The Hall–Kier alpha value is -2.79. The number of aliphatic hydroxyl groups excluding tert-OH is 2. The first kappa shape index (κ1) is 23.0. The van der Waals surface area contributed by atoms with Gasteiger partial charge in [-0.3, -0.25) is 0 Å². The van der Waals surface area contributed by atoms with Crippen molar-refractivity contribution in [3.05, 3.63) is 82.6 Å². The molecule has 2 unspecified atom stereocenters. The molecule has 2 atom stereocenters. The Morgan fingerprint density at radius 2 is 2.09 bits per heavy atom. The zero-order valence-corrected chi connectivity index (χ0v) is 19.9. The third kappa shape index (κ3) is 5.30. The van der Waals surface area contributed by atoms with Gasteiger partial charge in [0.15, 0.2) is 0 Å². The molecule has 10 heteroatoms. The molecular weight excluding hydrogens is 467 g/mol. The van der Waals surface area contributed by atoms with Crippen LogP contribution < -0.4 is 9.54 Å². The molecule has 1 aliphatic carbocycles. The second kappa shape index (κ2) is 10.6. The number of benzene rings is 1. The van der Waals surface area contributed by atoms with Gasteiger partial charge in [0.1, 0.15) is 0 Å². The second-order valence-electron chi connectivity index (χ2n) is 7.88. The molecule has 0 saturated carbocycles. The summed E-state index contributed by atoms with van der Waals surface area (Å²) in [6, 6.07) is 16.1. The van der Waals surface area contributed by atoms with Crippen molar-refractivity contribution in [1.82, 2.24) is 15.0 Å². The Bertz CT molecular complexity index is 1330. The maximum atomic E-state index is 9.88. The van der Waals surface area contributed by atoms with Crippen molar-refractivity contribution in [1.29, 1.82) is 0 Å². The summed E-state index contributed by atoms with van der Waals surface area (Å²) in [5, 5.41) is 19.1. The predicted molar refractivity (Wildman–Crippen MR) is 133 cm³/mol. The van der Waals surface area contributed by atoms with Gasteiger partial charge in [-0.1, -0.05) is 0 Å². The second-order valence-corrected chi connectivity index (χ2v) is 9.88. The molecule has 0 fully saturated rings. The van der Waals surface area contributed by atoms with Gasteiger partial charge in [-0.05, 0) is 0 Å². The quantitative estimate of drug-likeness (QED) is 0.361. The van der Waals surface area contributed by atoms with Crippen LogP contribution in [0.5, 0.6) is 5.75 Å². The molecular formula is C24H23BN4O3S2. The molecule has 3 N–H and O–H groups in total. The molecule has 0 radical (unpaired) electrons. The number of rotatable bonds is 7. The number of aromatic nitrogens is 3. The summed E-state index contributed by atoms with van der Waals surface area (Å²) in [6.07, 6.45) is 7.12. The summed E-state index contributed by atoms with van der Waals surface area (Å²) in [7, 11) is 0. The van der Waals surface area contributed by atoms with Gasteiger partial charge in [0.25, 0.3) is 0 Å². The fourth-order valence-electron chi connectivity index (χ4n) is 3.82. The van der Waals surface area contributed by atoms with E-state index in [4.69, 9.17) is 4.74 Å². The first-order valence-electron chi connectivity index (χ1n) is 11.0. The topological polar surface area (TPSA) is 104 Å². The number of hydrogen-bond acceptors (Lipinski definition) is 8. The van der Waals surface area contributed by atoms with E-state index < -0.39 is 6.10 Å². The van der Waals surface area contributed by atoms with Crippen LogP contribution in [0.1, 0.15) is 41.9 Å². The Labute approximate surface area is 205 Å². The first-order valence-corrected chi connectivity index (χ1v) is 12.7. The van der Waals surface area contributed by atoms with Crippen LogP contribution in [0.25, 0.3) is 0 Å². The van der Waals surface area contributed by atoms with Crippen molar-refractivity contribution in [2.24, 2.45) is 4.99 Å². The van der Waals surface area contributed by atoms with Crippen molar-refractivity contribution in [3.63, 3.8) is 0 Å². The molecule has 3 heterocycles. The van der Waals surface area contributed by atoms with Crippen LogP contribution in [-0.2, 0) is 6.42 Å². The molecule has 5 rings (SSSR count). The summed E-state index contributed by atoms with van der Waals surface area (Å²) in [6.45, 7) is -0.361. The number of H-pyrrole nitrogens is 1. The number of nitrogens with zero attached hydrogens (tertiary/aromatic N) is 3. The van der Waals surface area contributed by atoms with Gasteiger partial charge in [-0.25, -0.2) is 0 Å². The number of aryl methyl sites for hydroxylation is 1. The molecule has 34 heavy (non-hydrogen) atoms. The first-order chi connectivity index (χ1) is 16.7. The zero-order chi connectivity index (χ0) is 23.3. The Morgan fingerprint density at radius 1 is 1.21 bits per heavy atom. The number of pyridine rings is 2. The van der Waals surface area contributed by atoms with Crippen LogP contribution >= 0.6 is 22.9 Å². The predicted octanol–water partition coefficient (Wildman–Crippen LogP) is 4.07. The van der Waals surface area contributed by atoms with E-state index in [1.165, 1.54) is 11.2 Å². The molecule has 1 aliphatic rings. The van der Waals surface area contributed by atoms with Gasteiger partial charge in [0.05, 0.1) is 0 Å². The van der Waals surface area contributed by atoms with Crippen molar-refractivity contribution in [3.8, 4) is 5.75 Å². The number of aromatic amines is 1. The van der Waals surface area contributed by atoms with E-state index in [9.17, 15) is 10.2 Å². The molecule has 1 aromatic carbocycles. The molecule has 3 aromatic heterocycles. The van der Waals surface area contributed by atoms with E-state index in [-0.39, 0.29) is 12.7 Å². The molecule has 7 nitrogen and oxygen atoms in total. The summed E-state index contributed by atoms with van der Waals surface area (Å²) >= 11 is 2.95. The van der Waals surface area contributed by atoms with Gasteiger partial charge in [-0.2, -0.15) is 0 Å². The molecule has 0 aliphatic heterocycles. The van der Waals surface area contributed by atoms with E-state index in [0.29, 0.717) is 22.0 Å². The van der Waals surface area contributed by atoms with E-state index >= 15 is 0 Å². The normalized spacial score (nSPS) is 16.6. The average Bonchev–Trinajstić information content (AvgIpc) is 3.34. The standard InChI is InChI=1S/C24H23BN4O3S2/c30-14-19(31)22-25-34-24(28-22)29-23-21(12-16(13-27-23)33-15-6-2-1-3-7-15)32-20-10-4-9-18-17(20)8-5-11-26-18/h1-3,5-8,11-13,19-20,30-31H,4,9-10,14H2,(H,27,28,29). The van der Waals surface area contributed by atoms with Crippen LogP contribution in [0.15, 0.2) is 75.7 Å². The Morgan fingerprint density at radius 3 is 2.94 bits per heavy atom. The average molecular weight is 490 g/mol. The van der Waals surface area contributed by atoms with Crippen molar-refractivity contribution < 1.29 is 14.9 Å². The number of ether oxygens (including phenoxy) is 1. The molecule has 4 aromatic rings. The number of fused-ring (bicyclic) bond motifs is 1. The van der Waals surface area contributed by atoms with E-state index in [2.05, 4.69) is 38.1 Å². The summed E-state index contributed by atoms with van der Waals surface area (Å²) < 4.78 is 6.53. The molecule has 0 spiro atoms. The Balaban J connectivity index is 1.51. The van der Waals surface area contributed by atoms with Crippen molar-refractivity contribution >= 4 is 34.9 Å². The molecule has 172 valence electrons. The minimum absolute atomic E-state index is 0.121. The van der Waals surface area contributed by atoms with Crippen LogP contribution in [0, 0.1) is 0 Å². The van der Waals surface area contributed by atoms with Crippen LogP contribution in [0.3, 0.4) is 0 Å². The molecule has 0 amide bonds. The monoisotopic (exact) mass is 490 g/mol. The Kier molecular flexibility index (Phi) is 7.20. The van der Waals surface area contributed by atoms with E-state index in [1.54, 1.807) is 24.1 Å². The zero-order valence-electron chi connectivity index (χ0n) is 18.3. The summed E-state index contributed by atoms with van der Waals surface area (Å²) in [5.41, 5.74) is 2.70. The molecule has 0 saturated heterocycles. The summed E-state index contributed by atoms with van der Waals surface area (Å²) in [4.78, 5) is 19.5. The van der Waals surface area contributed by atoms with Crippen molar-refractivity contribution in [2.75, 3.05) is 6.61 Å². The third-order valence-electron chi connectivity index (χ3n) is 5.50. The van der Waals surface area contributed by atoms with Crippen LogP contribution in [0.4, 0.5) is 5.82 Å². The van der Waals surface area contributed by atoms with E-state index in [0.717, 1.165) is 40.3 Å². The number of aliphatic hydroxyl groups is 2. The van der Waals surface area contributed by atoms with Gasteiger partial charge >= 0.3 is 206 Å². The third-order valence-corrected chi connectivity index (χ3v) is 7.25. The van der Waals surface area contributed by atoms with E-state index in [1.807, 2.05) is 36.5 Å². The van der Waals surface area contributed by atoms with Crippen LogP contribution in [-0.4, -0.2) is 37.9 Å². The van der Waals surface area contributed by atoms with Gasteiger partial charge in [-0.15, -0.1) is 0 Å². The fourth-order valence-corrected chi connectivity index (χ4v) is 5.43. The number of nitrogens with one attached hydrogen (secondary N) is 1. The van der Waals surface area contributed by atoms with Crippen LogP contribution in [0.2, 0.25) is 0 Å². The molecule has 0 bridgehead atoms. The van der Waals surface area contributed by atoms with Gasteiger partial charge in [0.2, 0.25) is 0 Å². The fraction of sp³-hybridized carbons (Fsp3) is 0.250. The van der Waals surface area contributed by atoms with Gasteiger partial charge in [0, 0.05) is 0 Å². The van der Waals surface area contributed by atoms with Crippen molar-refractivity contribution in [2.45, 2.75) is 41.3 Å². The summed E-state index contributed by atoms with van der Waals surface area (Å²) in [5.74, 6) is 1.05. The SMILES string of the molecule is OCC(O)c1bs/c(=N\c2ncc(Sc3ccccc3)cc2OC2CCCc3ncccc32)[nH]1. The number of hydrogen-bond donors (Lipinski definition) is 3. The minimum atomic E-state index is -0.972.